The highest BCUT2D eigenvalue weighted by Gasteiger charge is 2.06. The standard InChI is InChI=1S/C20H22F2N2O2/c1-25-19-5-4-16(12-20(19)26-9-3-2-7-23)14-24-8-6-15-10-17(21)13-18(22)11-15/h4-5,10-13,24H,2-3,6,8-9,14H2,1H3. The average Bonchev–Trinajstić information content (AvgIpc) is 2.62. The molecule has 0 spiro atoms. The van der Waals surface area contributed by atoms with Gasteiger partial charge in [0.15, 0.2) is 11.5 Å². The summed E-state index contributed by atoms with van der Waals surface area (Å²) in [6.45, 7) is 1.63. The molecule has 0 aliphatic carbocycles. The number of ether oxygens (including phenoxy) is 2. The van der Waals surface area contributed by atoms with E-state index in [0.717, 1.165) is 11.6 Å². The van der Waals surface area contributed by atoms with Gasteiger partial charge in [0.25, 0.3) is 0 Å². The van der Waals surface area contributed by atoms with E-state index in [1.807, 2.05) is 18.2 Å². The summed E-state index contributed by atoms with van der Waals surface area (Å²) in [5.74, 6) is 0.152. The lowest BCUT2D eigenvalue weighted by atomic mass is 10.1. The van der Waals surface area contributed by atoms with Gasteiger partial charge in [-0.2, -0.15) is 5.26 Å². The predicted molar refractivity (Wildman–Crippen MR) is 95.1 cm³/mol. The van der Waals surface area contributed by atoms with Gasteiger partial charge >= 0.3 is 0 Å². The quantitative estimate of drug-likeness (QED) is 0.651. The Hall–Kier alpha value is -2.65. The molecule has 0 amide bonds. The highest BCUT2D eigenvalue weighted by atomic mass is 19.1. The Morgan fingerprint density at radius 2 is 1.81 bits per heavy atom. The van der Waals surface area contributed by atoms with Crippen LogP contribution < -0.4 is 14.8 Å². The van der Waals surface area contributed by atoms with Crippen molar-refractivity contribution in [2.75, 3.05) is 20.3 Å². The Bertz CT molecular complexity index is 740. The Labute approximate surface area is 152 Å². The van der Waals surface area contributed by atoms with Crippen LogP contribution in [-0.2, 0) is 13.0 Å². The van der Waals surface area contributed by atoms with Crippen LogP contribution in [0.3, 0.4) is 0 Å². The molecular formula is C20H22F2N2O2. The third-order valence-electron chi connectivity index (χ3n) is 3.76. The SMILES string of the molecule is COc1ccc(CNCCc2cc(F)cc(F)c2)cc1OCCCC#N. The van der Waals surface area contributed by atoms with Gasteiger partial charge in [0.2, 0.25) is 0 Å². The van der Waals surface area contributed by atoms with Crippen molar-refractivity contribution in [1.82, 2.24) is 5.32 Å². The van der Waals surface area contributed by atoms with Gasteiger partial charge in [-0.25, -0.2) is 8.78 Å². The third kappa shape index (κ3) is 6.34. The Kier molecular flexibility index (Phi) is 7.84. The molecule has 2 aromatic rings. The molecule has 0 heterocycles. The molecule has 0 aromatic heterocycles. The van der Waals surface area contributed by atoms with Crippen molar-refractivity contribution in [3.63, 3.8) is 0 Å². The number of rotatable bonds is 10. The minimum atomic E-state index is -0.562. The van der Waals surface area contributed by atoms with Gasteiger partial charge in [-0.15, -0.1) is 0 Å². The zero-order valence-corrected chi connectivity index (χ0v) is 14.7. The smallest absolute Gasteiger partial charge is 0.161 e. The molecule has 0 bridgehead atoms. The average molecular weight is 360 g/mol. The summed E-state index contributed by atoms with van der Waals surface area (Å²) in [4.78, 5) is 0. The number of unbranched alkanes of at least 4 members (excludes halogenated alkanes) is 1. The molecule has 6 heteroatoms. The maximum atomic E-state index is 13.2. The van der Waals surface area contributed by atoms with Crippen molar-refractivity contribution in [2.45, 2.75) is 25.8 Å². The second kappa shape index (κ2) is 10.4. The van der Waals surface area contributed by atoms with Crippen molar-refractivity contribution in [1.29, 1.82) is 5.26 Å². The van der Waals surface area contributed by atoms with Crippen LogP contribution in [0.4, 0.5) is 8.78 Å². The molecule has 0 saturated heterocycles. The van der Waals surface area contributed by atoms with Gasteiger partial charge in [-0.3, -0.25) is 0 Å². The number of nitrogens with one attached hydrogen (secondary N) is 1. The van der Waals surface area contributed by atoms with Crippen LogP contribution in [0.2, 0.25) is 0 Å². The summed E-state index contributed by atoms with van der Waals surface area (Å²) in [5, 5.41) is 11.8. The largest absolute Gasteiger partial charge is 0.493 e. The number of benzene rings is 2. The monoisotopic (exact) mass is 360 g/mol. The number of methoxy groups -OCH3 is 1. The Morgan fingerprint density at radius 1 is 1.04 bits per heavy atom. The summed E-state index contributed by atoms with van der Waals surface area (Å²) in [6, 6.07) is 11.3. The molecular weight excluding hydrogens is 338 g/mol. The molecule has 2 aromatic carbocycles. The zero-order chi connectivity index (χ0) is 18.8. The summed E-state index contributed by atoms with van der Waals surface area (Å²) >= 11 is 0. The van der Waals surface area contributed by atoms with Crippen LogP contribution in [0.15, 0.2) is 36.4 Å². The van der Waals surface area contributed by atoms with Crippen LogP contribution in [-0.4, -0.2) is 20.3 Å². The normalized spacial score (nSPS) is 10.4. The number of nitriles is 1. The van der Waals surface area contributed by atoms with Crippen molar-refractivity contribution in [2.24, 2.45) is 0 Å². The molecule has 0 aliphatic rings. The Morgan fingerprint density at radius 3 is 2.50 bits per heavy atom. The van der Waals surface area contributed by atoms with E-state index in [1.165, 1.54) is 12.1 Å². The van der Waals surface area contributed by atoms with E-state index in [1.54, 1.807) is 7.11 Å². The fraction of sp³-hybridized carbons (Fsp3) is 0.350. The lowest BCUT2D eigenvalue weighted by Crippen LogP contribution is -2.17. The van der Waals surface area contributed by atoms with Crippen molar-refractivity contribution in [3.05, 3.63) is 59.2 Å². The molecule has 0 fully saturated rings. The molecule has 0 saturated carbocycles. The van der Waals surface area contributed by atoms with Gasteiger partial charge in [-0.1, -0.05) is 6.07 Å². The third-order valence-corrected chi connectivity index (χ3v) is 3.76. The van der Waals surface area contributed by atoms with Crippen molar-refractivity contribution in [3.8, 4) is 17.6 Å². The van der Waals surface area contributed by atoms with E-state index in [9.17, 15) is 8.78 Å². The first-order valence-electron chi connectivity index (χ1n) is 8.44. The molecule has 2 rings (SSSR count). The predicted octanol–water partition coefficient (Wildman–Crippen LogP) is 3.99. The fourth-order valence-corrected chi connectivity index (χ4v) is 2.50. The first kappa shape index (κ1) is 19.7. The van der Waals surface area contributed by atoms with Crippen LogP contribution in [0, 0.1) is 23.0 Å². The molecule has 138 valence electrons. The van der Waals surface area contributed by atoms with E-state index in [4.69, 9.17) is 14.7 Å². The Balaban J connectivity index is 1.85. The number of hydrogen-bond acceptors (Lipinski definition) is 4. The lowest BCUT2D eigenvalue weighted by molar-refractivity contribution is 0.290. The van der Waals surface area contributed by atoms with Crippen molar-refractivity contribution < 1.29 is 18.3 Å². The second-order valence-electron chi connectivity index (χ2n) is 5.80. The highest BCUT2D eigenvalue weighted by Crippen LogP contribution is 2.28. The van der Waals surface area contributed by atoms with Crippen LogP contribution in [0.25, 0.3) is 0 Å². The second-order valence-corrected chi connectivity index (χ2v) is 5.80. The molecule has 0 atom stereocenters. The zero-order valence-electron chi connectivity index (χ0n) is 14.7. The lowest BCUT2D eigenvalue weighted by Gasteiger charge is -2.12. The van der Waals surface area contributed by atoms with Gasteiger partial charge < -0.3 is 14.8 Å². The van der Waals surface area contributed by atoms with E-state index < -0.39 is 11.6 Å². The first-order chi connectivity index (χ1) is 12.6. The highest BCUT2D eigenvalue weighted by molar-refractivity contribution is 5.43. The topological polar surface area (TPSA) is 54.3 Å². The maximum absolute atomic E-state index is 13.2. The number of hydrogen-bond donors (Lipinski definition) is 1. The first-order valence-corrected chi connectivity index (χ1v) is 8.44. The molecule has 1 N–H and O–H groups in total. The molecule has 0 aliphatic heterocycles. The van der Waals surface area contributed by atoms with Gasteiger partial charge in [0, 0.05) is 19.0 Å². The number of nitrogens with zero attached hydrogens (tertiary/aromatic N) is 1. The van der Waals surface area contributed by atoms with Gasteiger partial charge in [0.05, 0.1) is 19.8 Å². The van der Waals surface area contributed by atoms with Gasteiger partial charge in [0.1, 0.15) is 11.6 Å². The minimum Gasteiger partial charge on any atom is -0.493 e. The summed E-state index contributed by atoms with van der Waals surface area (Å²) < 4.78 is 37.3. The summed E-state index contributed by atoms with van der Waals surface area (Å²) in [6.07, 6.45) is 1.64. The number of halogens is 2. The molecule has 0 radical (unpaired) electrons. The molecule has 26 heavy (non-hydrogen) atoms. The minimum absolute atomic E-state index is 0.449. The van der Waals surface area contributed by atoms with Crippen LogP contribution >= 0.6 is 0 Å². The van der Waals surface area contributed by atoms with Crippen LogP contribution in [0.1, 0.15) is 24.0 Å². The summed E-state index contributed by atoms with van der Waals surface area (Å²) in [5.41, 5.74) is 1.62. The van der Waals surface area contributed by atoms with E-state index in [2.05, 4.69) is 11.4 Å². The van der Waals surface area contributed by atoms with Crippen LogP contribution in [0.5, 0.6) is 11.5 Å². The van der Waals surface area contributed by atoms with E-state index in [0.29, 0.717) is 56.0 Å². The summed E-state index contributed by atoms with van der Waals surface area (Å²) in [7, 11) is 1.58. The van der Waals surface area contributed by atoms with Gasteiger partial charge in [-0.05, 0) is 54.8 Å². The van der Waals surface area contributed by atoms with E-state index >= 15 is 0 Å². The fourth-order valence-electron chi connectivity index (χ4n) is 2.50. The molecule has 0 unspecified atom stereocenters. The van der Waals surface area contributed by atoms with Crippen molar-refractivity contribution >= 4 is 0 Å². The van der Waals surface area contributed by atoms with E-state index in [-0.39, 0.29) is 0 Å². The molecule has 4 nitrogen and oxygen atoms in total. The maximum Gasteiger partial charge on any atom is 0.161 e.